The van der Waals surface area contributed by atoms with Crippen molar-refractivity contribution in [3.05, 3.63) is 64.2 Å². The molecule has 3 rings (SSSR count). The van der Waals surface area contributed by atoms with Gasteiger partial charge in [0.25, 0.3) is 0 Å². The molecule has 1 aliphatic heterocycles. The largest absolute Gasteiger partial charge is 0.497 e. The summed E-state index contributed by atoms with van der Waals surface area (Å²) in [6.45, 7) is 3.58. The van der Waals surface area contributed by atoms with Gasteiger partial charge in [-0.2, -0.15) is 0 Å². The topological polar surface area (TPSA) is 30.5 Å². The molecule has 0 spiro atoms. The Morgan fingerprint density at radius 2 is 1.90 bits per heavy atom. The number of nitrogens with one attached hydrogen (secondary N) is 1. The fourth-order valence-electron chi connectivity index (χ4n) is 2.97. The Morgan fingerprint density at radius 3 is 2.62 bits per heavy atom. The van der Waals surface area contributed by atoms with Crippen LogP contribution < -0.4 is 10.1 Å². The van der Waals surface area contributed by atoms with Gasteiger partial charge in [-0.05, 0) is 53.9 Å². The van der Waals surface area contributed by atoms with Gasteiger partial charge in [-0.25, -0.2) is 0 Å². The maximum Gasteiger partial charge on any atom is 0.119 e. The van der Waals surface area contributed by atoms with Crippen LogP contribution in [0, 0.1) is 6.92 Å². The van der Waals surface area contributed by atoms with Gasteiger partial charge in [0.05, 0.1) is 26.4 Å². The zero-order chi connectivity index (χ0) is 14.8. The lowest BCUT2D eigenvalue weighted by Crippen LogP contribution is -2.19. The SMILES string of the molecule is CNC(c1ccc2c(c1)COC2)c1ccc(OC)cc1C. The second-order valence-electron chi connectivity index (χ2n) is 5.47. The number of hydrogen-bond donors (Lipinski definition) is 1. The fraction of sp³-hybridized carbons (Fsp3) is 0.333. The van der Waals surface area contributed by atoms with Crippen LogP contribution in [0.5, 0.6) is 5.75 Å². The van der Waals surface area contributed by atoms with Gasteiger partial charge in [-0.1, -0.05) is 24.3 Å². The van der Waals surface area contributed by atoms with E-state index in [1.165, 1.54) is 27.8 Å². The maximum atomic E-state index is 5.51. The van der Waals surface area contributed by atoms with E-state index in [9.17, 15) is 0 Å². The quantitative estimate of drug-likeness (QED) is 0.933. The van der Waals surface area contributed by atoms with Gasteiger partial charge < -0.3 is 14.8 Å². The van der Waals surface area contributed by atoms with E-state index in [2.05, 4.69) is 42.6 Å². The minimum Gasteiger partial charge on any atom is -0.497 e. The van der Waals surface area contributed by atoms with Gasteiger partial charge in [0.2, 0.25) is 0 Å². The maximum absolute atomic E-state index is 5.51. The molecule has 0 radical (unpaired) electrons. The number of aryl methyl sites for hydroxylation is 1. The van der Waals surface area contributed by atoms with Crippen LogP contribution in [0.3, 0.4) is 0 Å². The zero-order valence-electron chi connectivity index (χ0n) is 12.8. The standard InChI is InChI=1S/C18H21NO2/c1-12-8-16(20-3)6-7-17(12)18(19-2)13-4-5-14-10-21-11-15(14)9-13/h4-9,18-19H,10-11H2,1-3H3. The first-order valence-electron chi connectivity index (χ1n) is 7.24. The summed E-state index contributed by atoms with van der Waals surface area (Å²) >= 11 is 0. The first-order valence-corrected chi connectivity index (χ1v) is 7.24. The van der Waals surface area contributed by atoms with Crippen molar-refractivity contribution in [3.63, 3.8) is 0 Å². The van der Waals surface area contributed by atoms with Gasteiger partial charge in [0.15, 0.2) is 0 Å². The molecule has 110 valence electrons. The Hall–Kier alpha value is -1.84. The molecule has 21 heavy (non-hydrogen) atoms. The van der Waals surface area contributed by atoms with Crippen molar-refractivity contribution in [2.75, 3.05) is 14.2 Å². The van der Waals surface area contributed by atoms with E-state index in [0.717, 1.165) is 19.0 Å². The lowest BCUT2D eigenvalue weighted by molar-refractivity contribution is 0.134. The van der Waals surface area contributed by atoms with Gasteiger partial charge in [0.1, 0.15) is 5.75 Å². The molecule has 0 saturated heterocycles. The minimum atomic E-state index is 0.182. The number of methoxy groups -OCH3 is 1. The van der Waals surface area contributed by atoms with Crippen LogP contribution in [0.15, 0.2) is 36.4 Å². The van der Waals surface area contributed by atoms with Crippen LogP contribution >= 0.6 is 0 Å². The van der Waals surface area contributed by atoms with E-state index in [4.69, 9.17) is 9.47 Å². The third kappa shape index (κ3) is 2.67. The Bertz CT molecular complexity index is 652. The number of benzene rings is 2. The molecule has 1 atom stereocenters. The molecule has 2 aromatic carbocycles. The van der Waals surface area contributed by atoms with Crippen LogP contribution in [0.25, 0.3) is 0 Å². The summed E-state index contributed by atoms with van der Waals surface area (Å²) in [5, 5.41) is 3.42. The summed E-state index contributed by atoms with van der Waals surface area (Å²) in [5.41, 5.74) is 6.39. The molecule has 2 aromatic rings. The van der Waals surface area contributed by atoms with Crippen LogP contribution in [-0.2, 0) is 18.0 Å². The summed E-state index contributed by atoms with van der Waals surface area (Å²) in [4.78, 5) is 0. The number of hydrogen-bond acceptors (Lipinski definition) is 3. The molecule has 1 unspecified atom stereocenters. The summed E-state index contributed by atoms with van der Waals surface area (Å²) < 4.78 is 10.8. The molecule has 0 aromatic heterocycles. The Labute approximate surface area is 125 Å². The molecule has 0 aliphatic carbocycles. The van der Waals surface area contributed by atoms with Crippen molar-refractivity contribution in [3.8, 4) is 5.75 Å². The van der Waals surface area contributed by atoms with E-state index >= 15 is 0 Å². The second kappa shape index (κ2) is 5.88. The summed E-state index contributed by atoms with van der Waals surface area (Å²) in [5.74, 6) is 0.897. The van der Waals surface area contributed by atoms with Gasteiger partial charge in [-0.15, -0.1) is 0 Å². The first-order chi connectivity index (χ1) is 10.2. The molecule has 0 bridgehead atoms. The number of ether oxygens (including phenoxy) is 2. The van der Waals surface area contributed by atoms with E-state index in [1.54, 1.807) is 7.11 Å². The predicted molar refractivity (Wildman–Crippen MR) is 83.6 cm³/mol. The third-order valence-corrected chi connectivity index (χ3v) is 4.16. The Balaban J connectivity index is 1.98. The molecule has 1 aliphatic rings. The van der Waals surface area contributed by atoms with Crippen LogP contribution in [0.2, 0.25) is 0 Å². The average molecular weight is 283 g/mol. The van der Waals surface area contributed by atoms with E-state index in [1.807, 2.05) is 13.1 Å². The van der Waals surface area contributed by atoms with Crippen LogP contribution in [-0.4, -0.2) is 14.2 Å². The molecule has 3 heteroatoms. The molecular weight excluding hydrogens is 262 g/mol. The molecule has 0 amide bonds. The van der Waals surface area contributed by atoms with Gasteiger partial charge in [-0.3, -0.25) is 0 Å². The summed E-state index contributed by atoms with van der Waals surface area (Å²) in [6.07, 6.45) is 0. The van der Waals surface area contributed by atoms with Crippen LogP contribution in [0.4, 0.5) is 0 Å². The Morgan fingerprint density at radius 1 is 1.10 bits per heavy atom. The van der Waals surface area contributed by atoms with Crippen LogP contribution in [0.1, 0.15) is 33.9 Å². The lowest BCUT2D eigenvalue weighted by atomic mass is 9.93. The minimum absolute atomic E-state index is 0.182. The molecule has 0 fully saturated rings. The van der Waals surface area contributed by atoms with E-state index < -0.39 is 0 Å². The van der Waals surface area contributed by atoms with Crippen molar-refractivity contribution in [1.29, 1.82) is 0 Å². The normalized spacial score (nSPS) is 14.8. The molecule has 3 nitrogen and oxygen atoms in total. The molecule has 0 saturated carbocycles. The zero-order valence-corrected chi connectivity index (χ0v) is 12.8. The summed E-state index contributed by atoms with van der Waals surface area (Å²) in [6, 6.07) is 13.0. The van der Waals surface area contributed by atoms with E-state index in [0.29, 0.717) is 0 Å². The van der Waals surface area contributed by atoms with Crippen molar-refractivity contribution in [2.45, 2.75) is 26.2 Å². The number of rotatable bonds is 4. The molecular formula is C18H21NO2. The van der Waals surface area contributed by atoms with Crippen molar-refractivity contribution >= 4 is 0 Å². The van der Waals surface area contributed by atoms with Crippen molar-refractivity contribution in [1.82, 2.24) is 5.32 Å². The average Bonchev–Trinajstić information content (AvgIpc) is 2.97. The molecule has 1 N–H and O–H groups in total. The predicted octanol–water partition coefficient (Wildman–Crippen LogP) is 3.34. The second-order valence-corrected chi connectivity index (χ2v) is 5.47. The first kappa shape index (κ1) is 14.1. The smallest absolute Gasteiger partial charge is 0.119 e. The monoisotopic (exact) mass is 283 g/mol. The van der Waals surface area contributed by atoms with Gasteiger partial charge >= 0.3 is 0 Å². The number of fused-ring (bicyclic) bond motifs is 1. The van der Waals surface area contributed by atoms with E-state index in [-0.39, 0.29) is 6.04 Å². The highest BCUT2D eigenvalue weighted by molar-refractivity contribution is 5.43. The van der Waals surface area contributed by atoms with Crippen molar-refractivity contribution in [2.24, 2.45) is 0 Å². The third-order valence-electron chi connectivity index (χ3n) is 4.16. The highest BCUT2D eigenvalue weighted by atomic mass is 16.5. The lowest BCUT2D eigenvalue weighted by Gasteiger charge is -2.20. The molecule has 1 heterocycles. The van der Waals surface area contributed by atoms with Crippen molar-refractivity contribution < 1.29 is 9.47 Å². The highest BCUT2D eigenvalue weighted by Gasteiger charge is 2.18. The van der Waals surface area contributed by atoms with Gasteiger partial charge in [0, 0.05) is 0 Å². The highest BCUT2D eigenvalue weighted by Crippen LogP contribution is 2.30. The summed E-state index contributed by atoms with van der Waals surface area (Å²) in [7, 11) is 3.70. The Kier molecular flexibility index (Phi) is 3.95. The fourth-order valence-corrected chi connectivity index (χ4v) is 2.97.